The summed E-state index contributed by atoms with van der Waals surface area (Å²) in [5.74, 6) is 2.12. The van der Waals surface area contributed by atoms with Crippen LogP contribution < -0.4 is 5.73 Å². The second kappa shape index (κ2) is 10.1. The van der Waals surface area contributed by atoms with E-state index in [1.54, 1.807) is 0 Å². The molecule has 0 saturated carbocycles. The average molecular weight is 198 g/mol. The predicted octanol–water partition coefficient (Wildman–Crippen LogP) is 2.00. The fraction of sp³-hybridized carbons (Fsp3) is 0.700. The van der Waals surface area contributed by atoms with Crippen molar-refractivity contribution in [3.05, 3.63) is 17.5 Å². The summed E-state index contributed by atoms with van der Waals surface area (Å²) < 4.78 is 0. The number of aryl methyl sites for hydroxylation is 2. The topological polar surface area (TPSA) is 64.7 Å². The van der Waals surface area contributed by atoms with Gasteiger partial charge < -0.3 is 5.73 Å². The van der Waals surface area contributed by atoms with Crippen molar-refractivity contribution in [1.82, 2.24) is 15.0 Å². The van der Waals surface area contributed by atoms with Crippen LogP contribution in [0.1, 0.15) is 45.2 Å². The van der Waals surface area contributed by atoms with Gasteiger partial charge in [-0.05, 0) is 13.8 Å². The first-order valence-corrected chi connectivity index (χ1v) is 5.10. The molecule has 0 unspecified atom stereocenters. The van der Waals surface area contributed by atoms with E-state index in [2.05, 4.69) is 15.0 Å². The minimum atomic E-state index is 0.379. The molecule has 1 aromatic heterocycles. The van der Waals surface area contributed by atoms with Crippen LogP contribution in [0.4, 0.5) is 0 Å². The van der Waals surface area contributed by atoms with Gasteiger partial charge in [0.05, 0.1) is 6.54 Å². The summed E-state index contributed by atoms with van der Waals surface area (Å²) in [6.07, 6.45) is 0. The Bertz CT molecular complexity index is 215. The van der Waals surface area contributed by atoms with Crippen LogP contribution in [0.25, 0.3) is 0 Å². The Balaban J connectivity index is 0. The highest BCUT2D eigenvalue weighted by Gasteiger charge is 1.95. The highest BCUT2D eigenvalue weighted by molar-refractivity contribution is 4.93. The molecule has 1 rings (SSSR count). The Morgan fingerprint density at radius 1 is 0.857 bits per heavy atom. The smallest absolute Gasteiger partial charge is 0.146 e. The van der Waals surface area contributed by atoms with Crippen molar-refractivity contribution in [2.24, 2.45) is 5.73 Å². The van der Waals surface area contributed by atoms with Crippen LogP contribution in [0.3, 0.4) is 0 Å². The third-order valence-electron chi connectivity index (χ3n) is 1.09. The highest BCUT2D eigenvalue weighted by atomic mass is 15.0. The molecule has 14 heavy (non-hydrogen) atoms. The Kier molecular flexibility index (Phi) is 11.1. The van der Waals surface area contributed by atoms with Crippen molar-refractivity contribution >= 4 is 0 Å². The fourth-order valence-corrected chi connectivity index (χ4v) is 0.774. The van der Waals surface area contributed by atoms with Gasteiger partial charge in [-0.15, -0.1) is 0 Å². The van der Waals surface area contributed by atoms with Crippen molar-refractivity contribution in [2.75, 3.05) is 0 Å². The molecule has 1 heterocycles. The zero-order valence-electron chi connectivity index (χ0n) is 10.1. The van der Waals surface area contributed by atoms with E-state index in [1.807, 2.05) is 41.5 Å². The fourth-order valence-electron chi connectivity index (χ4n) is 0.774. The highest BCUT2D eigenvalue weighted by Crippen LogP contribution is 1.91. The molecule has 82 valence electrons. The van der Waals surface area contributed by atoms with E-state index in [1.165, 1.54) is 0 Å². The minimum Gasteiger partial charge on any atom is -0.324 e. The Morgan fingerprint density at radius 3 is 1.50 bits per heavy atom. The number of hydrogen-bond donors (Lipinski definition) is 1. The summed E-state index contributed by atoms with van der Waals surface area (Å²) in [6.45, 7) is 12.0. The molecule has 0 fully saturated rings. The molecule has 0 bridgehead atoms. The summed E-state index contributed by atoms with van der Waals surface area (Å²) in [4.78, 5) is 12.0. The standard InChI is InChI=1S/C6H10N4.2C2H6/c1-4-8-5(2)10-6(3-7)9-4;2*1-2/h3,7H2,1-2H3;2*1-2H3. The predicted molar refractivity (Wildman–Crippen MR) is 59.9 cm³/mol. The summed E-state index contributed by atoms with van der Waals surface area (Å²) in [5.41, 5.74) is 5.33. The SMILES string of the molecule is CC.CC.Cc1nc(C)nc(CN)n1. The molecular weight excluding hydrogens is 176 g/mol. The Labute approximate surface area is 87.0 Å². The summed E-state index contributed by atoms with van der Waals surface area (Å²) in [6, 6.07) is 0. The van der Waals surface area contributed by atoms with Gasteiger partial charge in [0.2, 0.25) is 0 Å². The lowest BCUT2D eigenvalue weighted by atomic mass is 10.5. The first-order chi connectivity index (χ1) is 6.72. The maximum atomic E-state index is 5.33. The Morgan fingerprint density at radius 2 is 1.21 bits per heavy atom. The molecule has 0 aliphatic carbocycles. The van der Waals surface area contributed by atoms with Gasteiger partial charge in [0.1, 0.15) is 17.5 Å². The zero-order valence-corrected chi connectivity index (χ0v) is 10.1. The third kappa shape index (κ3) is 6.48. The van der Waals surface area contributed by atoms with Crippen molar-refractivity contribution in [3.63, 3.8) is 0 Å². The number of hydrogen-bond acceptors (Lipinski definition) is 4. The van der Waals surface area contributed by atoms with Gasteiger partial charge in [-0.3, -0.25) is 0 Å². The van der Waals surface area contributed by atoms with Crippen LogP contribution in [0, 0.1) is 13.8 Å². The van der Waals surface area contributed by atoms with E-state index in [0.717, 1.165) is 11.6 Å². The van der Waals surface area contributed by atoms with E-state index in [-0.39, 0.29) is 0 Å². The van der Waals surface area contributed by atoms with E-state index in [0.29, 0.717) is 12.4 Å². The second-order valence-corrected chi connectivity index (χ2v) is 2.05. The van der Waals surface area contributed by atoms with E-state index in [9.17, 15) is 0 Å². The molecule has 0 aliphatic rings. The summed E-state index contributed by atoms with van der Waals surface area (Å²) >= 11 is 0. The molecule has 0 saturated heterocycles. The number of nitrogens with zero attached hydrogens (tertiary/aromatic N) is 3. The van der Waals surface area contributed by atoms with E-state index in [4.69, 9.17) is 5.73 Å². The molecule has 0 radical (unpaired) electrons. The molecule has 2 N–H and O–H groups in total. The largest absolute Gasteiger partial charge is 0.324 e. The second-order valence-electron chi connectivity index (χ2n) is 2.05. The van der Waals surface area contributed by atoms with E-state index < -0.39 is 0 Å². The van der Waals surface area contributed by atoms with Crippen molar-refractivity contribution in [1.29, 1.82) is 0 Å². The molecule has 4 nitrogen and oxygen atoms in total. The lowest BCUT2D eigenvalue weighted by Crippen LogP contribution is -2.07. The Hall–Kier alpha value is -1.03. The number of aromatic nitrogens is 3. The van der Waals surface area contributed by atoms with Crippen molar-refractivity contribution < 1.29 is 0 Å². The van der Waals surface area contributed by atoms with Crippen LogP contribution in [0.2, 0.25) is 0 Å². The van der Waals surface area contributed by atoms with Gasteiger partial charge in [-0.25, -0.2) is 15.0 Å². The van der Waals surface area contributed by atoms with E-state index >= 15 is 0 Å². The minimum absolute atomic E-state index is 0.379. The molecule has 0 atom stereocenters. The number of nitrogens with two attached hydrogens (primary N) is 1. The van der Waals surface area contributed by atoms with Crippen molar-refractivity contribution in [2.45, 2.75) is 48.1 Å². The van der Waals surface area contributed by atoms with Gasteiger partial charge in [0, 0.05) is 0 Å². The number of rotatable bonds is 1. The van der Waals surface area contributed by atoms with Gasteiger partial charge >= 0.3 is 0 Å². The maximum Gasteiger partial charge on any atom is 0.146 e. The first kappa shape index (κ1) is 15.4. The maximum absolute atomic E-state index is 5.33. The third-order valence-corrected chi connectivity index (χ3v) is 1.09. The molecule has 0 aromatic carbocycles. The molecule has 4 heteroatoms. The zero-order chi connectivity index (χ0) is 11.6. The normalized spacial score (nSPS) is 7.93. The lowest BCUT2D eigenvalue weighted by Gasteiger charge is -1.97. The van der Waals surface area contributed by atoms with Gasteiger partial charge in [-0.1, -0.05) is 27.7 Å². The van der Waals surface area contributed by atoms with Gasteiger partial charge in [0.25, 0.3) is 0 Å². The average Bonchev–Trinajstić information content (AvgIpc) is 2.22. The van der Waals surface area contributed by atoms with Crippen LogP contribution in [0.5, 0.6) is 0 Å². The van der Waals surface area contributed by atoms with Crippen LogP contribution in [0.15, 0.2) is 0 Å². The quantitative estimate of drug-likeness (QED) is 0.749. The molecule has 0 aliphatic heterocycles. The molecule has 0 spiro atoms. The van der Waals surface area contributed by atoms with Gasteiger partial charge in [-0.2, -0.15) is 0 Å². The molecule has 0 amide bonds. The summed E-state index contributed by atoms with van der Waals surface area (Å²) in [7, 11) is 0. The monoisotopic (exact) mass is 198 g/mol. The van der Waals surface area contributed by atoms with Crippen LogP contribution in [-0.2, 0) is 6.54 Å². The molecule has 1 aromatic rings. The lowest BCUT2D eigenvalue weighted by molar-refractivity contribution is 0.816. The summed E-state index contributed by atoms with van der Waals surface area (Å²) in [5, 5.41) is 0. The van der Waals surface area contributed by atoms with Crippen LogP contribution in [-0.4, -0.2) is 15.0 Å². The van der Waals surface area contributed by atoms with Crippen molar-refractivity contribution in [3.8, 4) is 0 Å². The molecular formula is C10H22N4. The van der Waals surface area contributed by atoms with Crippen LogP contribution >= 0.6 is 0 Å². The van der Waals surface area contributed by atoms with Gasteiger partial charge in [0.15, 0.2) is 0 Å². The first-order valence-electron chi connectivity index (χ1n) is 5.10.